The summed E-state index contributed by atoms with van der Waals surface area (Å²) in [5, 5.41) is 2.14. The molecule has 9 aromatic rings. The van der Waals surface area contributed by atoms with Crippen molar-refractivity contribution in [2.45, 2.75) is 0 Å². The molecule has 0 aliphatic carbocycles. The van der Waals surface area contributed by atoms with Gasteiger partial charge in [0.2, 0.25) is 0 Å². The van der Waals surface area contributed by atoms with Crippen molar-refractivity contribution in [1.29, 1.82) is 0 Å². The van der Waals surface area contributed by atoms with Crippen molar-refractivity contribution < 1.29 is 4.42 Å². The lowest BCUT2D eigenvalue weighted by atomic mass is 9.60. The second kappa shape index (κ2) is 15.0. The normalized spacial score (nSPS) is 11.4. The lowest BCUT2D eigenvalue weighted by molar-refractivity contribution is 0.669. The number of furan rings is 1. The maximum absolute atomic E-state index is 6.55. The summed E-state index contributed by atoms with van der Waals surface area (Å²) in [6, 6.07) is 41.0. The van der Waals surface area contributed by atoms with Crippen molar-refractivity contribution >= 4 is 155 Å². The van der Waals surface area contributed by atoms with Gasteiger partial charge in [0, 0.05) is 27.5 Å². The Bertz CT molecular complexity index is 3010. The maximum atomic E-state index is 6.55. The molecule has 2 aromatic heterocycles. The molecule has 0 aliphatic rings. The number of aromatic nitrogens is 3. The first-order valence-electron chi connectivity index (χ1n) is 20.5. The number of rotatable bonds is 6. The Hall–Kier alpha value is -6.00. The van der Waals surface area contributed by atoms with Crippen molar-refractivity contribution in [3.63, 3.8) is 0 Å². The summed E-state index contributed by atoms with van der Waals surface area (Å²) in [5.41, 5.74) is 24.4. The van der Waals surface area contributed by atoms with E-state index in [0.717, 1.165) is 49.8 Å². The Morgan fingerprint density at radius 1 is 0.288 bits per heavy atom. The fourth-order valence-corrected chi connectivity index (χ4v) is 8.84. The van der Waals surface area contributed by atoms with Crippen LogP contribution in [0.15, 0.2) is 120 Å². The van der Waals surface area contributed by atoms with Crippen LogP contribution in [0, 0.1) is 0 Å². The van der Waals surface area contributed by atoms with Crippen molar-refractivity contribution in [3.05, 3.63) is 115 Å². The molecule has 0 radical (unpaired) electrons. The lowest BCUT2D eigenvalue weighted by Crippen LogP contribution is -2.55. The van der Waals surface area contributed by atoms with E-state index in [1.54, 1.807) is 0 Å². The van der Waals surface area contributed by atoms with Gasteiger partial charge in [-0.25, -0.2) is 15.0 Å². The Morgan fingerprint density at radius 2 is 0.661 bits per heavy atom. The minimum Gasteiger partial charge on any atom is -0.456 e. The predicted molar refractivity (Wildman–Crippen MR) is 282 cm³/mol. The van der Waals surface area contributed by atoms with Crippen LogP contribution in [0.2, 0.25) is 0 Å². The number of nitrogens with zero attached hydrogens (tertiary/aromatic N) is 3. The highest BCUT2D eigenvalue weighted by Crippen LogP contribution is 2.35. The highest BCUT2D eigenvalue weighted by molar-refractivity contribution is 6.69. The summed E-state index contributed by atoms with van der Waals surface area (Å²) < 4.78 is 6.55. The van der Waals surface area contributed by atoms with Gasteiger partial charge < -0.3 is 4.42 Å². The highest BCUT2D eigenvalue weighted by atomic mass is 16.3. The molecule has 7 aromatic carbocycles. The first-order valence-corrected chi connectivity index (χ1v) is 20.5. The third-order valence-corrected chi connectivity index (χ3v) is 13.4. The van der Waals surface area contributed by atoms with Crippen molar-refractivity contribution in [2.24, 2.45) is 0 Å². The van der Waals surface area contributed by atoms with E-state index in [9.17, 15) is 0 Å². The molecule has 2 heterocycles. The fraction of sp³-hybridized carbons (Fsp3) is 0. The molecular formula is C45H39B10N3O. The molecule has 0 atom stereocenters. The fourth-order valence-electron chi connectivity index (χ4n) is 8.84. The van der Waals surface area contributed by atoms with Crippen LogP contribution in [0.3, 0.4) is 0 Å². The number of hydrogen-bond acceptors (Lipinski definition) is 4. The molecule has 0 saturated heterocycles. The Labute approximate surface area is 355 Å². The number of fused-ring (bicyclic) bond motifs is 3. The monoisotopic (exact) mass is 747 g/mol. The SMILES string of the molecule is Bc1c(B)c(B)c(-c2nc(-c3ccc4c(c3)oc3ccc(-c5ccc(-c6ccc(-c7ccccc7)cc6)cc5)cc34)nc(-c3c(B)c(B)c(B)c(B)c3B)n2)c(B)c1B. The van der Waals surface area contributed by atoms with E-state index in [0.29, 0.717) is 17.5 Å². The summed E-state index contributed by atoms with van der Waals surface area (Å²) in [5.74, 6) is 2.03. The lowest BCUT2D eigenvalue weighted by Gasteiger charge is -2.22. The van der Waals surface area contributed by atoms with Crippen LogP contribution in [0.4, 0.5) is 0 Å². The van der Waals surface area contributed by atoms with E-state index < -0.39 is 0 Å². The molecule has 0 aliphatic heterocycles. The van der Waals surface area contributed by atoms with Crippen LogP contribution in [-0.2, 0) is 0 Å². The number of benzene rings is 7. The molecule has 0 amide bonds. The van der Waals surface area contributed by atoms with Gasteiger partial charge in [0.25, 0.3) is 0 Å². The van der Waals surface area contributed by atoms with E-state index in [2.05, 4.69) is 194 Å². The second-order valence-electron chi connectivity index (χ2n) is 16.4. The van der Waals surface area contributed by atoms with Gasteiger partial charge in [-0.15, -0.1) is 32.8 Å². The zero-order chi connectivity index (χ0) is 41.3. The van der Waals surface area contributed by atoms with Crippen molar-refractivity contribution in [2.75, 3.05) is 0 Å². The van der Waals surface area contributed by atoms with Crippen LogP contribution in [0.1, 0.15) is 0 Å². The largest absolute Gasteiger partial charge is 0.456 e. The first kappa shape index (κ1) is 38.5. The molecule has 4 nitrogen and oxygen atoms in total. The van der Waals surface area contributed by atoms with E-state index >= 15 is 0 Å². The minimum atomic E-state index is 0.632. The van der Waals surface area contributed by atoms with Gasteiger partial charge in [-0.2, -0.15) is 0 Å². The molecule has 9 rings (SSSR count). The van der Waals surface area contributed by atoms with Crippen LogP contribution in [-0.4, -0.2) is 93.4 Å². The van der Waals surface area contributed by atoms with Crippen LogP contribution >= 0.6 is 0 Å². The van der Waals surface area contributed by atoms with Crippen molar-refractivity contribution in [3.8, 4) is 67.5 Å². The van der Waals surface area contributed by atoms with Gasteiger partial charge in [-0.05, 0) is 57.6 Å². The first-order chi connectivity index (χ1) is 28.4. The standard InChI is InChI=1S/C45H39B10N3O/c46-33-31(34(47)38(51)41(54)37(33)50)44-56-43(57-45(58-44)32-35(48)39(52)42(55)40(53)36(32)49)26-14-16-27-28-18-25(15-17-29(28)59-30(27)19-26)24-12-10-23(11-13-24)22-8-6-21(7-9-22)20-4-2-1-3-5-20/h1-19H,46-55H2. The quantitative estimate of drug-likeness (QED) is 0.160. The predicted octanol–water partition coefficient (Wildman–Crippen LogP) is -5.64. The summed E-state index contributed by atoms with van der Waals surface area (Å²) in [7, 11) is 22.0. The topological polar surface area (TPSA) is 51.8 Å². The van der Waals surface area contributed by atoms with E-state index in [-0.39, 0.29) is 0 Å². The van der Waals surface area contributed by atoms with Crippen LogP contribution in [0.5, 0.6) is 0 Å². The molecule has 0 N–H and O–H groups in total. The molecule has 0 spiro atoms. The molecule has 0 unspecified atom stereocenters. The molecule has 0 saturated carbocycles. The third-order valence-electron chi connectivity index (χ3n) is 13.4. The Kier molecular flexibility index (Phi) is 9.78. The van der Waals surface area contributed by atoms with Crippen molar-refractivity contribution in [1.82, 2.24) is 15.0 Å². The van der Waals surface area contributed by atoms with Crippen LogP contribution < -0.4 is 54.6 Å². The highest BCUT2D eigenvalue weighted by Gasteiger charge is 2.22. The molecule has 270 valence electrons. The molecule has 59 heavy (non-hydrogen) atoms. The number of hydrogen-bond donors (Lipinski definition) is 0. The minimum absolute atomic E-state index is 0.632. The summed E-state index contributed by atoms with van der Waals surface area (Å²) in [6.07, 6.45) is 0. The molecular weight excluding hydrogens is 707 g/mol. The van der Waals surface area contributed by atoms with Gasteiger partial charge in [0.1, 0.15) is 89.6 Å². The smallest absolute Gasteiger partial charge is 0.164 e. The van der Waals surface area contributed by atoms with Gasteiger partial charge in [0.05, 0.1) is 0 Å². The maximum Gasteiger partial charge on any atom is 0.164 e. The summed E-state index contributed by atoms with van der Waals surface area (Å²) in [6.45, 7) is 0. The van der Waals surface area contributed by atoms with E-state index in [1.807, 2.05) is 0 Å². The van der Waals surface area contributed by atoms with Gasteiger partial charge in [0.15, 0.2) is 17.5 Å². The molecule has 0 bridgehead atoms. The Balaban J connectivity index is 1.11. The van der Waals surface area contributed by atoms with Gasteiger partial charge in [-0.1, -0.05) is 113 Å². The average Bonchev–Trinajstić information content (AvgIpc) is 3.64. The average molecular weight is 746 g/mol. The van der Waals surface area contributed by atoms with Gasteiger partial charge in [-0.3, -0.25) is 0 Å². The zero-order valence-electron chi connectivity index (χ0n) is 35.7. The van der Waals surface area contributed by atoms with Gasteiger partial charge >= 0.3 is 0 Å². The van der Waals surface area contributed by atoms with Crippen LogP contribution in [0.25, 0.3) is 89.5 Å². The second-order valence-corrected chi connectivity index (χ2v) is 16.4. The summed E-state index contributed by atoms with van der Waals surface area (Å²) >= 11 is 0. The molecule has 0 fully saturated rings. The Morgan fingerprint density at radius 3 is 1.14 bits per heavy atom. The third kappa shape index (κ3) is 6.63. The van der Waals surface area contributed by atoms with E-state index in [1.165, 1.54) is 76.9 Å². The summed E-state index contributed by atoms with van der Waals surface area (Å²) in [4.78, 5) is 15.8. The zero-order valence-corrected chi connectivity index (χ0v) is 35.7. The molecule has 14 heteroatoms. The van der Waals surface area contributed by atoms with E-state index in [4.69, 9.17) is 19.4 Å².